The molecular weight excluding hydrogens is 306 g/mol. The summed E-state index contributed by atoms with van der Waals surface area (Å²) < 4.78 is 39.5. The molecule has 1 unspecified atom stereocenters. The summed E-state index contributed by atoms with van der Waals surface area (Å²) in [5.74, 6) is 0.727. The second-order valence-corrected chi connectivity index (χ2v) is 7.37. The molecule has 2 aliphatic rings. The topological polar surface area (TPSA) is 72.0 Å². The Morgan fingerprint density at radius 1 is 1.14 bits per heavy atom. The second kappa shape index (κ2) is 6.91. The molecule has 1 atom stereocenters. The number of morpholine rings is 1. The number of pyridine rings is 1. The molecule has 3 rings (SSSR count). The monoisotopic (exact) mass is 327 g/mol. The van der Waals surface area contributed by atoms with Crippen molar-refractivity contribution >= 4 is 10.2 Å². The third kappa shape index (κ3) is 3.57. The Morgan fingerprint density at radius 2 is 1.86 bits per heavy atom. The summed E-state index contributed by atoms with van der Waals surface area (Å²) in [5, 5.41) is 0. The molecule has 2 saturated heterocycles. The molecule has 22 heavy (non-hydrogen) atoms. The maximum atomic E-state index is 12.7. The summed E-state index contributed by atoms with van der Waals surface area (Å²) in [7, 11) is -3.42. The van der Waals surface area contributed by atoms with Gasteiger partial charge in [-0.15, -0.1) is 0 Å². The van der Waals surface area contributed by atoms with Crippen LogP contribution in [-0.4, -0.2) is 67.5 Å². The highest BCUT2D eigenvalue weighted by Crippen LogP contribution is 2.21. The van der Waals surface area contributed by atoms with Crippen molar-refractivity contribution in [3.8, 4) is 5.75 Å². The Morgan fingerprint density at radius 3 is 2.59 bits per heavy atom. The van der Waals surface area contributed by atoms with Crippen LogP contribution in [0.3, 0.4) is 0 Å². The van der Waals surface area contributed by atoms with Gasteiger partial charge in [0.1, 0.15) is 11.9 Å². The fourth-order valence-corrected chi connectivity index (χ4v) is 4.41. The maximum Gasteiger partial charge on any atom is 0.282 e. The Hall–Kier alpha value is -1.22. The van der Waals surface area contributed by atoms with Crippen LogP contribution in [0.15, 0.2) is 24.5 Å². The summed E-state index contributed by atoms with van der Waals surface area (Å²) in [5.41, 5.74) is 0. The van der Waals surface area contributed by atoms with Gasteiger partial charge in [0, 0.05) is 32.0 Å². The first-order valence-electron chi connectivity index (χ1n) is 7.56. The molecule has 1 aromatic heterocycles. The van der Waals surface area contributed by atoms with E-state index in [4.69, 9.17) is 9.47 Å². The molecule has 0 N–H and O–H groups in total. The largest absolute Gasteiger partial charge is 0.489 e. The van der Waals surface area contributed by atoms with Gasteiger partial charge in [0.15, 0.2) is 0 Å². The molecular formula is C14H21N3O4S. The average Bonchev–Trinajstić information content (AvgIpc) is 2.57. The minimum atomic E-state index is -3.42. The standard InChI is InChI=1S/C14H21N3O4S/c18-22(19,16-8-10-20-11-9-16)17-7-1-2-14(12-17)21-13-3-5-15-6-4-13/h3-6,14H,1-2,7-12H2. The second-order valence-electron chi connectivity index (χ2n) is 5.44. The Kier molecular flexibility index (Phi) is 4.92. The van der Waals surface area contributed by atoms with Crippen LogP contribution >= 0.6 is 0 Å². The molecule has 7 nitrogen and oxygen atoms in total. The van der Waals surface area contributed by atoms with E-state index in [9.17, 15) is 8.42 Å². The number of ether oxygens (including phenoxy) is 2. The van der Waals surface area contributed by atoms with E-state index in [1.54, 1.807) is 24.5 Å². The van der Waals surface area contributed by atoms with Crippen molar-refractivity contribution < 1.29 is 17.9 Å². The van der Waals surface area contributed by atoms with Gasteiger partial charge in [-0.05, 0) is 25.0 Å². The number of hydrogen-bond acceptors (Lipinski definition) is 5. The molecule has 0 radical (unpaired) electrons. The quantitative estimate of drug-likeness (QED) is 0.805. The van der Waals surface area contributed by atoms with E-state index >= 15 is 0 Å². The lowest BCUT2D eigenvalue weighted by Crippen LogP contribution is -2.52. The molecule has 0 aliphatic carbocycles. The van der Waals surface area contributed by atoms with Crippen LogP contribution in [0.25, 0.3) is 0 Å². The molecule has 0 spiro atoms. The van der Waals surface area contributed by atoms with Gasteiger partial charge in [0.25, 0.3) is 10.2 Å². The number of nitrogens with zero attached hydrogens (tertiary/aromatic N) is 3. The van der Waals surface area contributed by atoms with Gasteiger partial charge >= 0.3 is 0 Å². The van der Waals surface area contributed by atoms with Crippen molar-refractivity contribution in [2.45, 2.75) is 18.9 Å². The molecule has 0 bridgehead atoms. The molecule has 0 aromatic carbocycles. The third-order valence-electron chi connectivity index (χ3n) is 3.92. The van der Waals surface area contributed by atoms with Crippen LogP contribution in [0.5, 0.6) is 5.75 Å². The van der Waals surface area contributed by atoms with Crippen molar-refractivity contribution in [1.82, 2.24) is 13.6 Å². The lowest BCUT2D eigenvalue weighted by atomic mass is 10.1. The first-order chi connectivity index (χ1) is 10.7. The summed E-state index contributed by atoms with van der Waals surface area (Å²) in [4.78, 5) is 3.95. The molecule has 0 amide bonds. The Bertz CT molecular complexity index is 575. The molecule has 1 aromatic rings. The van der Waals surface area contributed by atoms with E-state index in [2.05, 4.69) is 4.98 Å². The summed E-state index contributed by atoms with van der Waals surface area (Å²) in [6.07, 6.45) is 4.88. The smallest absolute Gasteiger partial charge is 0.282 e. The van der Waals surface area contributed by atoms with Crippen molar-refractivity contribution in [2.75, 3.05) is 39.4 Å². The van der Waals surface area contributed by atoms with E-state index in [-0.39, 0.29) is 6.10 Å². The van der Waals surface area contributed by atoms with E-state index in [0.717, 1.165) is 18.6 Å². The van der Waals surface area contributed by atoms with Gasteiger partial charge in [-0.3, -0.25) is 4.98 Å². The molecule has 2 fully saturated rings. The highest BCUT2D eigenvalue weighted by Gasteiger charge is 2.35. The van der Waals surface area contributed by atoms with Crippen LogP contribution in [0.2, 0.25) is 0 Å². The van der Waals surface area contributed by atoms with E-state index in [0.29, 0.717) is 39.4 Å². The van der Waals surface area contributed by atoms with Gasteiger partial charge in [-0.25, -0.2) is 0 Å². The van der Waals surface area contributed by atoms with Crippen molar-refractivity contribution in [3.05, 3.63) is 24.5 Å². The number of rotatable bonds is 4. The fourth-order valence-electron chi connectivity index (χ4n) is 2.76. The highest BCUT2D eigenvalue weighted by molar-refractivity contribution is 7.86. The molecule has 0 saturated carbocycles. The van der Waals surface area contributed by atoms with Crippen LogP contribution in [0.1, 0.15) is 12.8 Å². The summed E-state index contributed by atoms with van der Waals surface area (Å²) >= 11 is 0. The third-order valence-corrected chi connectivity index (χ3v) is 5.92. The fraction of sp³-hybridized carbons (Fsp3) is 0.643. The summed E-state index contributed by atoms with van der Waals surface area (Å²) in [6, 6.07) is 3.57. The normalized spacial score (nSPS) is 25.0. The van der Waals surface area contributed by atoms with E-state index < -0.39 is 10.2 Å². The predicted molar refractivity (Wildman–Crippen MR) is 80.8 cm³/mol. The lowest BCUT2D eigenvalue weighted by Gasteiger charge is -2.36. The molecule has 122 valence electrons. The maximum absolute atomic E-state index is 12.7. The van der Waals surface area contributed by atoms with Crippen LogP contribution in [0.4, 0.5) is 0 Å². The predicted octanol–water partition coefficient (Wildman–Crippen LogP) is 0.502. The van der Waals surface area contributed by atoms with Crippen LogP contribution < -0.4 is 4.74 Å². The Labute approximate surface area is 131 Å². The average molecular weight is 327 g/mol. The van der Waals surface area contributed by atoms with E-state index in [1.807, 2.05) is 0 Å². The Balaban J connectivity index is 1.64. The first-order valence-corrected chi connectivity index (χ1v) is 8.95. The van der Waals surface area contributed by atoms with Crippen molar-refractivity contribution in [1.29, 1.82) is 0 Å². The van der Waals surface area contributed by atoms with Gasteiger partial charge in [0.2, 0.25) is 0 Å². The van der Waals surface area contributed by atoms with Crippen LogP contribution in [0, 0.1) is 0 Å². The highest BCUT2D eigenvalue weighted by atomic mass is 32.2. The zero-order valence-electron chi connectivity index (χ0n) is 12.4. The first kappa shape index (κ1) is 15.7. The van der Waals surface area contributed by atoms with Gasteiger partial charge in [-0.1, -0.05) is 0 Å². The van der Waals surface area contributed by atoms with Crippen molar-refractivity contribution in [3.63, 3.8) is 0 Å². The summed E-state index contributed by atoms with van der Waals surface area (Å²) in [6.45, 7) is 2.72. The van der Waals surface area contributed by atoms with E-state index in [1.165, 1.54) is 8.61 Å². The minimum absolute atomic E-state index is 0.119. The molecule has 3 heterocycles. The zero-order valence-corrected chi connectivity index (χ0v) is 13.2. The zero-order chi connectivity index (χ0) is 15.4. The minimum Gasteiger partial charge on any atom is -0.489 e. The number of piperidine rings is 1. The lowest BCUT2D eigenvalue weighted by molar-refractivity contribution is 0.0666. The van der Waals surface area contributed by atoms with Crippen LogP contribution in [-0.2, 0) is 14.9 Å². The SMILES string of the molecule is O=S(=O)(N1CCOCC1)N1CCCC(Oc2ccncc2)C1. The van der Waals surface area contributed by atoms with Gasteiger partial charge in [-0.2, -0.15) is 17.0 Å². The number of hydrogen-bond donors (Lipinski definition) is 0. The molecule has 2 aliphatic heterocycles. The van der Waals surface area contributed by atoms with Gasteiger partial charge < -0.3 is 9.47 Å². The van der Waals surface area contributed by atoms with Gasteiger partial charge in [0.05, 0.1) is 19.8 Å². The molecule has 8 heteroatoms. The van der Waals surface area contributed by atoms with Crippen molar-refractivity contribution in [2.24, 2.45) is 0 Å². The number of aromatic nitrogens is 1.